The molecule has 1 aliphatic heterocycles. The summed E-state index contributed by atoms with van der Waals surface area (Å²) in [6, 6.07) is 26.1. The fraction of sp³-hybridized carbons (Fsp3) is 0.242. The minimum Gasteiger partial charge on any atom is -0.478 e. The van der Waals surface area contributed by atoms with Crippen molar-refractivity contribution < 1.29 is 29.3 Å². The number of aliphatic hydroxyl groups is 1. The van der Waals surface area contributed by atoms with E-state index in [0.29, 0.717) is 17.2 Å². The van der Waals surface area contributed by atoms with Gasteiger partial charge in [-0.2, -0.15) is 0 Å². The summed E-state index contributed by atoms with van der Waals surface area (Å²) in [4.78, 5) is 28.1. The second-order valence-electron chi connectivity index (χ2n) is 10.3. The minimum absolute atomic E-state index is 0.0540. The van der Waals surface area contributed by atoms with E-state index in [1.807, 2.05) is 72.8 Å². The number of carbonyl (C=O) groups excluding carboxylic acids is 1. The number of alkyl halides is 3. The van der Waals surface area contributed by atoms with E-state index in [4.69, 9.17) is 44.3 Å². The topological polar surface area (TPSA) is 118 Å². The predicted molar refractivity (Wildman–Crippen MR) is 174 cm³/mol. The van der Waals surface area contributed by atoms with Crippen LogP contribution in [0.5, 0.6) is 0 Å². The van der Waals surface area contributed by atoms with Crippen LogP contribution in [0, 0.1) is 0 Å². The molecule has 2 heterocycles. The van der Waals surface area contributed by atoms with E-state index < -0.39 is 22.0 Å². The van der Waals surface area contributed by atoms with Gasteiger partial charge in [0.05, 0.1) is 24.4 Å². The van der Waals surface area contributed by atoms with E-state index >= 15 is 0 Å². The number of aliphatic hydroxyl groups excluding tert-OH is 1. The SMILES string of the molecule is O=C(O)c1cccnc1SCC1CC(c2ccc(CO)cc2)OC(c2ccc(-c3ccccc3CNC(=O)C(Cl)(Cl)Cl)cc2)O1. The molecule has 234 valence electrons. The summed E-state index contributed by atoms with van der Waals surface area (Å²) in [5.74, 6) is -1.28. The highest BCUT2D eigenvalue weighted by atomic mass is 35.6. The number of pyridine rings is 1. The first kappa shape index (κ1) is 33.2. The number of carboxylic acids is 1. The molecule has 0 aliphatic carbocycles. The molecule has 1 amide bonds. The predicted octanol–water partition coefficient (Wildman–Crippen LogP) is 7.26. The molecule has 0 radical (unpaired) electrons. The first-order valence-electron chi connectivity index (χ1n) is 14.0. The standard InChI is InChI=1S/C33H29Cl3N2O6S/c34-33(35,36)32(42)38-17-24-4-1-2-5-26(24)21-11-13-23(14-12-21)31-43-25(19-45-29-27(30(40)41)6-3-15-37-29)16-28(44-31)22-9-7-20(18-39)8-10-22/h1-15,25,28,31,39H,16-19H2,(H,38,42)(H,40,41). The summed E-state index contributed by atoms with van der Waals surface area (Å²) in [5.41, 5.74) is 5.35. The molecule has 5 rings (SSSR count). The van der Waals surface area contributed by atoms with Crippen molar-refractivity contribution in [2.24, 2.45) is 0 Å². The minimum atomic E-state index is -2.05. The Morgan fingerprint density at radius 1 is 0.933 bits per heavy atom. The normalized spacial score (nSPS) is 18.4. The summed E-state index contributed by atoms with van der Waals surface area (Å²) >= 11 is 18.4. The van der Waals surface area contributed by atoms with Gasteiger partial charge >= 0.3 is 5.97 Å². The van der Waals surface area contributed by atoms with Gasteiger partial charge in [0.2, 0.25) is 0 Å². The van der Waals surface area contributed by atoms with Gasteiger partial charge in [0.25, 0.3) is 9.70 Å². The molecule has 4 aromatic rings. The Morgan fingerprint density at radius 2 is 1.64 bits per heavy atom. The number of halogens is 3. The first-order valence-corrected chi connectivity index (χ1v) is 16.1. The number of hydrogen-bond donors (Lipinski definition) is 3. The number of aromatic carboxylic acids is 1. The number of aromatic nitrogens is 1. The highest BCUT2D eigenvalue weighted by Gasteiger charge is 2.33. The molecule has 1 aromatic heterocycles. The van der Waals surface area contributed by atoms with Gasteiger partial charge in [0, 0.05) is 30.5 Å². The highest BCUT2D eigenvalue weighted by molar-refractivity contribution is 7.99. The van der Waals surface area contributed by atoms with Crippen molar-refractivity contribution in [2.75, 3.05) is 5.75 Å². The Morgan fingerprint density at radius 3 is 2.33 bits per heavy atom. The fourth-order valence-electron chi connectivity index (χ4n) is 4.91. The molecule has 45 heavy (non-hydrogen) atoms. The van der Waals surface area contributed by atoms with Crippen molar-refractivity contribution >= 4 is 58.4 Å². The Balaban J connectivity index is 1.36. The van der Waals surface area contributed by atoms with E-state index in [9.17, 15) is 19.8 Å². The zero-order valence-corrected chi connectivity index (χ0v) is 26.8. The quantitative estimate of drug-likeness (QED) is 0.118. The van der Waals surface area contributed by atoms with Crippen molar-refractivity contribution in [1.82, 2.24) is 10.3 Å². The van der Waals surface area contributed by atoms with Crippen LogP contribution in [0.2, 0.25) is 0 Å². The van der Waals surface area contributed by atoms with Crippen molar-refractivity contribution in [3.63, 3.8) is 0 Å². The van der Waals surface area contributed by atoms with E-state index in [2.05, 4.69) is 10.3 Å². The third-order valence-electron chi connectivity index (χ3n) is 7.23. The van der Waals surface area contributed by atoms with Crippen LogP contribution in [0.3, 0.4) is 0 Å². The molecule has 3 aromatic carbocycles. The summed E-state index contributed by atoms with van der Waals surface area (Å²) in [6.07, 6.45) is 0.848. The smallest absolute Gasteiger partial charge is 0.338 e. The Bertz CT molecular complexity index is 1630. The molecule has 8 nitrogen and oxygen atoms in total. The van der Waals surface area contributed by atoms with Gasteiger partial charge in [-0.3, -0.25) is 4.79 Å². The van der Waals surface area contributed by atoms with Gasteiger partial charge in [-0.1, -0.05) is 108 Å². The molecule has 12 heteroatoms. The molecule has 0 spiro atoms. The van der Waals surface area contributed by atoms with Crippen LogP contribution in [0.1, 0.15) is 51.4 Å². The molecular formula is C33H29Cl3N2O6S. The number of hydrogen-bond acceptors (Lipinski definition) is 7. The van der Waals surface area contributed by atoms with Gasteiger partial charge < -0.3 is 25.0 Å². The lowest BCUT2D eigenvalue weighted by Gasteiger charge is -2.36. The molecule has 3 unspecified atom stereocenters. The molecule has 3 atom stereocenters. The molecule has 1 saturated heterocycles. The molecule has 3 N–H and O–H groups in total. The van der Waals surface area contributed by atoms with Gasteiger partial charge in [-0.15, -0.1) is 11.8 Å². The summed E-state index contributed by atoms with van der Waals surface area (Å²) in [5, 5.41) is 22.1. The van der Waals surface area contributed by atoms with Gasteiger partial charge in [0.15, 0.2) is 6.29 Å². The summed E-state index contributed by atoms with van der Waals surface area (Å²) in [7, 11) is 0. The lowest BCUT2D eigenvalue weighted by atomic mass is 9.98. The Hall–Kier alpha value is -3.15. The lowest BCUT2D eigenvalue weighted by Crippen LogP contribution is -2.34. The summed E-state index contributed by atoms with van der Waals surface area (Å²) < 4.78 is 10.8. The van der Waals surface area contributed by atoms with Gasteiger partial charge in [0.1, 0.15) is 5.03 Å². The highest BCUT2D eigenvalue weighted by Crippen LogP contribution is 2.40. The summed E-state index contributed by atoms with van der Waals surface area (Å²) in [6.45, 7) is 0.122. The lowest BCUT2D eigenvalue weighted by molar-refractivity contribution is -0.245. The third kappa shape index (κ3) is 8.56. The van der Waals surface area contributed by atoms with Crippen molar-refractivity contribution in [3.8, 4) is 11.1 Å². The maximum atomic E-state index is 12.1. The van der Waals surface area contributed by atoms with Crippen LogP contribution >= 0.6 is 46.6 Å². The number of carbonyl (C=O) groups is 2. The number of carboxylic acid groups (broad SMARTS) is 1. The second-order valence-corrected chi connectivity index (χ2v) is 13.6. The molecule has 1 aliphatic rings. The zero-order chi connectivity index (χ0) is 32.0. The fourth-order valence-corrected chi connectivity index (χ4v) is 6.12. The van der Waals surface area contributed by atoms with Gasteiger partial charge in [-0.25, -0.2) is 9.78 Å². The van der Waals surface area contributed by atoms with Gasteiger partial charge in [-0.05, 0) is 39.9 Å². The van der Waals surface area contributed by atoms with Crippen molar-refractivity contribution in [3.05, 3.63) is 119 Å². The van der Waals surface area contributed by atoms with Crippen LogP contribution in [0.15, 0.2) is 96.2 Å². The average Bonchev–Trinajstić information content (AvgIpc) is 3.06. The van der Waals surface area contributed by atoms with Crippen molar-refractivity contribution in [2.45, 2.75) is 46.9 Å². The number of amides is 1. The average molecular weight is 688 g/mol. The monoisotopic (exact) mass is 686 g/mol. The zero-order valence-electron chi connectivity index (χ0n) is 23.7. The largest absolute Gasteiger partial charge is 0.478 e. The van der Waals surface area contributed by atoms with E-state index in [-0.39, 0.29) is 30.9 Å². The van der Waals surface area contributed by atoms with Crippen LogP contribution < -0.4 is 5.32 Å². The number of rotatable bonds is 10. The van der Waals surface area contributed by atoms with Crippen molar-refractivity contribution in [1.29, 1.82) is 0 Å². The Kier molecular flexibility index (Phi) is 11.0. The number of ether oxygens (including phenoxy) is 2. The van der Waals surface area contributed by atoms with Crippen LogP contribution in [0.4, 0.5) is 0 Å². The van der Waals surface area contributed by atoms with E-state index in [1.54, 1.807) is 12.3 Å². The maximum Gasteiger partial charge on any atom is 0.338 e. The molecular weight excluding hydrogens is 659 g/mol. The molecule has 0 saturated carbocycles. The number of thioether (sulfide) groups is 1. The van der Waals surface area contributed by atoms with Crippen LogP contribution in [-0.4, -0.2) is 42.7 Å². The van der Waals surface area contributed by atoms with E-state index in [1.165, 1.54) is 17.8 Å². The maximum absolute atomic E-state index is 12.1. The second kappa shape index (κ2) is 15.0. The van der Waals surface area contributed by atoms with E-state index in [0.717, 1.165) is 33.4 Å². The molecule has 0 bridgehead atoms. The van der Waals surface area contributed by atoms with Crippen LogP contribution in [0.25, 0.3) is 11.1 Å². The molecule has 1 fully saturated rings. The Labute approximate surface area is 279 Å². The third-order valence-corrected chi connectivity index (χ3v) is 8.88. The number of benzene rings is 3. The number of nitrogens with zero attached hydrogens (tertiary/aromatic N) is 1. The first-order chi connectivity index (χ1) is 21.6. The van der Waals surface area contributed by atoms with Crippen LogP contribution in [-0.2, 0) is 27.4 Å². The number of nitrogens with one attached hydrogen (secondary N) is 1.